The lowest BCUT2D eigenvalue weighted by Crippen LogP contribution is -2.54. The van der Waals surface area contributed by atoms with Crippen LogP contribution < -0.4 is 47.4 Å². The molecule has 0 unspecified atom stereocenters. The number of hydrogen-bond acceptors (Lipinski definition) is 21. The van der Waals surface area contributed by atoms with E-state index in [2.05, 4.69) is 31.5 Å². The normalized spacial score (nSPS) is 24.2. The first-order chi connectivity index (χ1) is 49.8. The summed E-state index contributed by atoms with van der Waals surface area (Å²) in [6, 6.07) is 9.17. The number of Topliss-reactive ketones (excluding diaryl/α,β-unsaturated/α-hetero) is 1. The van der Waals surface area contributed by atoms with E-state index in [1.54, 1.807) is 103 Å². The van der Waals surface area contributed by atoms with Crippen LogP contribution in [0.5, 0.6) is 11.5 Å². The van der Waals surface area contributed by atoms with Gasteiger partial charge in [-0.3, -0.25) is 43.3 Å². The average molecular weight is 1470 g/mol. The van der Waals surface area contributed by atoms with Crippen LogP contribution in [0, 0.1) is 36.5 Å². The molecule has 0 radical (unpaired) electrons. The van der Waals surface area contributed by atoms with E-state index in [1.165, 1.54) is 51.5 Å². The van der Waals surface area contributed by atoms with Gasteiger partial charge in [0.1, 0.15) is 35.9 Å². The van der Waals surface area contributed by atoms with Gasteiger partial charge in [-0.2, -0.15) is 0 Å². The maximum Gasteiger partial charge on any atom is 0.410 e. The number of aliphatic hydroxyl groups is 3. The molecule has 564 valence electrons. The Morgan fingerprint density at radius 3 is 2.20 bits per heavy atom. The number of urea groups is 1. The summed E-state index contributed by atoms with van der Waals surface area (Å²) < 4.78 is 24.6. The van der Waals surface area contributed by atoms with Gasteiger partial charge in [0.25, 0.3) is 23.5 Å². The number of benzene rings is 4. The Balaban J connectivity index is 0.872. The van der Waals surface area contributed by atoms with Crippen molar-refractivity contribution in [1.82, 2.24) is 30.7 Å². The van der Waals surface area contributed by atoms with E-state index in [1.807, 2.05) is 12.1 Å². The number of fused-ring (bicyclic) bond motifs is 2. The highest BCUT2D eigenvalue weighted by Gasteiger charge is 2.50. The van der Waals surface area contributed by atoms with Crippen LogP contribution in [0.15, 0.2) is 95.6 Å². The molecular weight excluding hydrogens is 1370 g/mol. The standard InChI is InChI=1S/C76H96N10O18S/c1-39(2)60(82-54(87)20-13-12-14-33-86-55(88)27-28-56(86)89)73(98)81-51(19-16-32-78-74(77)99)72(97)79-47-23-21-46(22-24-47)38-102-75(100)84(10)48-29-34-85(35-30-48)49-25-26-50-53(37-49)105-69-61(80-50)57-58-66(93)45(8)68-59(57)70(95)76(9,104-68)103-36-31-52(101-11)42(5)64(91)44(7)65(92)43(6)63(90)40(3)17-15-18-41(4)71(96)83-62(69)67(58)94/h15,17-18,21-28,31,36-37,39-40,42-44,48,51-52,60,63-65,90-93H,12-14,16,19-20,29-30,32-35,38H2,1-11H3,(H,79,97)(H,81,98)(H,82,87)(H,83,96)(H3,77,78,99)/b17-15+,36-31+,41-18-/t40-,42+,43+,44-,51-,52-,60-,63-,64+,65+,76-/m0/s1. The highest BCUT2D eigenvalue weighted by molar-refractivity contribution is 7.22. The van der Waals surface area contributed by atoms with E-state index in [4.69, 9.17) is 29.7 Å². The lowest BCUT2D eigenvalue weighted by Gasteiger charge is -2.37. The number of carbonyl (C=O) groups is 9. The van der Waals surface area contributed by atoms with E-state index in [0.717, 1.165) is 21.9 Å². The van der Waals surface area contributed by atoms with Crippen LogP contribution in [-0.4, -0.2) is 177 Å². The number of anilines is 3. The summed E-state index contributed by atoms with van der Waals surface area (Å²) in [4.78, 5) is 144. The maximum absolute atomic E-state index is 15.2. The van der Waals surface area contributed by atoms with E-state index in [-0.39, 0.29) is 118 Å². The van der Waals surface area contributed by atoms with Gasteiger partial charge in [-0.05, 0) is 100 Å². The van der Waals surface area contributed by atoms with Gasteiger partial charge in [0.2, 0.25) is 23.2 Å². The number of ether oxygens (including phenoxy) is 4. The Hall–Kier alpha value is -9.81. The molecule has 9 rings (SSSR count). The zero-order valence-corrected chi connectivity index (χ0v) is 61.8. The molecule has 4 bridgehead atoms. The number of amides is 9. The monoisotopic (exact) mass is 1470 g/mol. The number of unbranched alkanes of at least 4 members (excludes halogenated alkanes) is 2. The molecule has 9 amide bonds. The number of aromatic hydroxyl groups is 1. The van der Waals surface area contributed by atoms with Gasteiger partial charge < -0.3 is 81.5 Å². The van der Waals surface area contributed by atoms with Crippen LogP contribution >= 0.6 is 11.3 Å². The third kappa shape index (κ3) is 18.1. The summed E-state index contributed by atoms with van der Waals surface area (Å²) in [6.07, 6.45) is 8.31. The molecule has 1 fully saturated rings. The van der Waals surface area contributed by atoms with Gasteiger partial charge >= 0.3 is 17.9 Å². The van der Waals surface area contributed by atoms with Crippen molar-refractivity contribution in [1.29, 1.82) is 0 Å². The summed E-state index contributed by atoms with van der Waals surface area (Å²) in [6.45, 7) is 16.1. The Kier molecular flexibility index (Phi) is 26.0. The number of phenolic OH excluding ortho intramolecular Hbond substituents is 1. The number of rotatable bonds is 21. The molecule has 5 heterocycles. The number of aromatic nitrogens is 1. The summed E-state index contributed by atoms with van der Waals surface area (Å²) >= 11 is 1.15. The zero-order chi connectivity index (χ0) is 76.5. The third-order valence-corrected chi connectivity index (χ3v) is 21.5. The summed E-state index contributed by atoms with van der Waals surface area (Å²) in [5.41, 5.74) is 6.79. The van der Waals surface area contributed by atoms with Crippen LogP contribution in [0.2, 0.25) is 0 Å². The van der Waals surface area contributed by atoms with Crippen molar-refractivity contribution in [3.05, 3.63) is 118 Å². The molecule has 0 spiro atoms. The largest absolute Gasteiger partial charge is 0.507 e. The van der Waals surface area contributed by atoms with Crippen LogP contribution in [-0.2, 0) is 49.6 Å². The number of imide groups is 1. The van der Waals surface area contributed by atoms with Crippen molar-refractivity contribution >= 4 is 103 Å². The Morgan fingerprint density at radius 2 is 1.53 bits per heavy atom. The minimum Gasteiger partial charge on any atom is -0.507 e. The molecule has 29 heteroatoms. The number of ketones is 1. The lowest BCUT2D eigenvalue weighted by molar-refractivity contribution is -0.137. The second-order valence-corrected chi connectivity index (χ2v) is 29.2. The smallest absolute Gasteiger partial charge is 0.410 e. The summed E-state index contributed by atoms with van der Waals surface area (Å²) in [5.74, 6) is -9.23. The number of hydrogen-bond donors (Lipinski definition) is 10. The minimum atomic E-state index is -2.05. The van der Waals surface area contributed by atoms with Gasteiger partial charge in [-0.25, -0.2) is 14.6 Å². The number of aliphatic hydroxyl groups excluding tert-OH is 3. The van der Waals surface area contributed by atoms with Crippen LogP contribution in [0.4, 0.5) is 26.7 Å². The topological polar surface area (TPSA) is 397 Å². The fraction of sp³-hybridized carbons (Fsp3) is 0.487. The van der Waals surface area contributed by atoms with Gasteiger partial charge in [-0.1, -0.05) is 78.3 Å². The fourth-order valence-corrected chi connectivity index (χ4v) is 14.7. The SMILES string of the molecule is CO[C@H]1/C=C/O[C@@]2(C)Oc3c(C)c(O)c4c(=O)c(c5sc6cc(N7CCC(N(C)C(=O)OCc8ccc(NC(=O)[C@H](CCCNC(N)=O)NC(=O)[C@@H](NC(=O)CCCCCN9C(=O)C=CC9=O)C(C)C)cc8)CC7)ccc6nc-5c4c3C2=O)NC(=O)/C(C)=C\C=C\[C@H](C)[C@H](O)[C@@H](C)[C@@H](O)[C@@H](C)[C@H](O)[C@@H]1C. The maximum atomic E-state index is 15.2. The second-order valence-electron chi connectivity index (χ2n) is 28.1. The molecule has 0 saturated carbocycles. The van der Waals surface area contributed by atoms with Crippen molar-refractivity contribution in [3.8, 4) is 22.1 Å². The second kappa shape index (κ2) is 34.4. The van der Waals surface area contributed by atoms with E-state index in [0.29, 0.717) is 66.7 Å². The van der Waals surface area contributed by atoms with Crippen molar-refractivity contribution in [2.24, 2.45) is 35.3 Å². The van der Waals surface area contributed by atoms with E-state index < -0.39 is 113 Å². The number of allylic oxidation sites excluding steroid dienone is 2. The number of piperidine rings is 1. The van der Waals surface area contributed by atoms with Gasteiger partial charge in [0, 0.05) is 123 Å². The van der Waals surface area contributed by atoms with Gasteiger partial charge in [0.15, 0.2) is 0 Å². The van der Waals surface area contributed by atoms with Crippen molar-refractivity contribution in [3.63, 3.8) is 0 Å². The molecule has 105 heavy (non-hydrogen) atoms. The molecule has 1 saturated heterocycles. The van der Waals surface area contributed by atoms with Crippen molar-refractivity contribution in [2.75, 3.05) is 55.9 Å². The molecule has 6 aliphatic rings. The van der Waals surface area contributed by atoms with Crippen LogP contribution in [0.1, 0.15) is 128 Å². The predicted octanol–water partition coefficient (Wildman–Crippen LogP) is 7.58. The molecular formula is C76H96N10O18S. The zero-order valence-electron chi connectivity index (χ0n) is 61.0. The fourth-order valence-electron chi connectivity index (χ4n) is 13.6. The molecule has 5 aliphatic heterocycles. The number of primary amides is 1. The molecule has 1 aliphatic carbocycles. The Bertz CT molecular complexity index is 4260. The number of methoxy groups -OCH3 is 1. The number of nitrogens with two attached hydrogens (primary N) is 1. The molecule has 3 aromatic rings. The molecule has 0 aromatic heterocycles. The van der Waals surface area contributed by atoms with Crippen molar-refractivity contribution in [2.45, 2.75) is 169 Å². The highest BCUT2D eigenvalue weighted by atomic mass is 32.1. The highest BCUT2D eigenvalue weighted by Crippen LogP contribution is 2.52. The van der Waals surface area contributed by atoms with Gasteiger partial charge in [-0.15, -0.1) is 11.3 Å². The number of nitrogens with one attached hydrogen (secondary N) is 5. The summed E-state index contributed by atoms with van der Waals surface area (Å²) in [7, 11) is 3.11. The molecule has 3 aromatic carbocycles. The number of carbonyl (C=O) groups excluding carboxylic acids is 9. The minimum absolute atomic E-state index is 0.0125. The summed E-state index contributed by atoms with van der Waals surface area (Å²) in [5, 5.41) is 59.8. The molecule has 11 N–H and O–H groups in total. The first-order valence-electron chi connectivity index (χ1n) is 35.5. The Morgan fingerprint density at radius 1 is 0.857 bits per heavy atom. The molecule has 11 atom stereocenters. The first kappa shape index (κ1) is 79.3. The third-order valence-electron chi connectivity index (χ3n) is 20.4. The average Bonchev–Trinajstić information content (AvgIpc) is 1.64. The first-order valence-corrected chi connectivity index (χ1v) is 36.3. The van der Waals surface area contributed by atoms with Crippen LogP contribution in [0.3, 0.4) is 0 Å². The predicted molar refractivity (Wildman–Crippen MR) is 395 cm³/mol. The molecule has 28 nitrogen and oxygen atoms in total. The van der Waals surface area contributed by atoms with Crippen LogP contribution in [0.25, 0.3) is 31.6 Å². The van der Waals surface area contributed by atoms with E-state index >= 15 is 4.79 Å². The van der Waals surface area contributed by atoms with Crippen molar-refractivity contribution < 1.29 is 82.5 Å². The number of nitrogens with zero attached hydrogens (tertiary/aromatic N) is 4. The lowest BCUT2D eigenvalue weighted by atomic mass is 9.78. The Labute approximate surface area is 612 Å². The quantitative estimate of drug-likeness (QED) is 0.0146. The van der Waals surface area contributed by atoms with Gasteiger partial charge in [0.05, 0.1) is 62.4 Å². The number of phenols is 1. The van der Waals surface area contributed by atoms with E-state index in [9.17, 15) is 63.6 Å².